The van der Waals surface area contributed by atoms with Crippen LogP contribution in [0.1, 0.15) is 20.3 Å². The molecule has 16 heavy (non-hydrogen) atoms. The van der Waals surface area contributed by atoms with Crippen molar-refractivity contribution in [1.82, 2.24) is 4.90 Å². The Balaban J connectivity index is 2.80. The van der Waals surface area contributed by atoms with Crippen LogP contribution in [0.2, 0.25) is 0 Å². The van der Waals surface area contributed by atoms with Crippen LogP contribution in [0.5, 0.6) is 0 Å². The Kier molecular flexibility index (Phi) is 3.88. The SMILES string of the molecule is CC(C)C[C@@H](C(N)=O)N1C[C@@H](O)[C@@H](O)C1=O. The van der Waals surface area contributed by atoms with Gasteiger partial charge in [0.25, 0.3) is 5.91 Å². The number of rotatable bonds is 4. The first-order chi connectivity index (χ1) is 7.34. The van der Waals surface area contributed by atoms with Gasteiger partial charge in [-0.1, -0.05) is 13.8 Å². The first kappa shape index (κ1) is 12.9. The highest BCUT2D eigenvalue weighted by Crippen LogP contribution is 2.19. The molecular weight excluding hydrogens is 212 g/mol. The van der Waals surface area contributed by atoms with E-state index in [1.807, 2.05) is 13.8 Å². The quantitative estimate of drug-likeness (QED) is 0.544. The van der Waals surface area contributed by atoms with Gasteiger partial charge in [0, 0.05) is 0 Å². The number of carbonyl (C=O) groups excluding carboxylic acids is 2. The number of nitrogens with two attached hydrogens (primary N) is 1. The highest BCUT2D eigenvalue weighted by molar-refractivity contribution is 5.90. The molecule has 2 amide bonds. The summed E-state index contributed by atoms with van der Waals surface area (Å²) in [5, 5.41) is 18.6. The van der Waals surface area contributed by atoms with Crippen LogP contribution in [-0.4, -0.2) is 51.7 Å². The number of primary amides is 1. The second-order valence-corrected chi connectivity index (χ2v) is 4.55. The number of amides is 2. The van der Waals surface area contributed by atoms with Crippen LogP contribution < -0.4 is 5.73 Å². The van der Waals surface area contributed by atoms with Crippen molar-refractivity contribution >= 4 is 11.8 Å². The number of likely N-dealkylation sites (tertiary alicyclic amines) is 1. The zero-order valence-electron chi connectivity index (χ0n) is 9.46. The Bertz CT molecular complexity index is 291. The van der Waals surface area contributed by atoms with Crippen LogP contribution in [0.25, 0.3) is 0 Å². The fourth-order valence-electron chi connectivity index (χ4n) is 1.85. The van der Waals surface area contributed by atoms with Gasteiger partial charge < -0.3 is 20.8 Å². The average Bonchev–Trinajstić information content (AvgIpc) is 2.42. The van der Waals surface area contributed by atoms with E-state index in [1.165, 1.54) is 0 Å². The minimum Gasteiger partial charge on any atom is -0.388 e. The van der Waals surface area contributed by atoms with E-state index in [2.05, 4.69) is 0 Å². The van der Waals surface area contributed by atoms with Gasteiger partial charge in [-0.25, -0.2) is 0 Å². The third kappa shape index (κ3) is 2.51. The maximum atomic E-state index is 11.6. The molecule has 1 aliphatic rings. The molecule has 1 aliphatic heterocycles. The molecule has 4 N–H and O–H groups in total. The molecule has 0 aliphatic carbocycles. The van der Waals surface area contributed by atoms with Gasteiger partial charge in [0.05, 0.1) is 6.54 Å². The van der Waals surface area contributed by atoms with Crippen molar-refractivity contribution in [2.75, 3.05) is 6.54 Å². The van der Waals surface area contributed by atoms with Crippen molar-refractivity contribution in [3.8, 4) is 0 Å². The zero-order chi connectivity index (χ0) is 12.5. The highest BCUT2D eigenvalue weighted by atomic mass is 16.3. The molecule has 92 valence electrons. The first-order valence-corrected chi connectivity index (χ1v) is 5.30. The van der Waals surface area contributed by atoms with Gasteiger partial charge in [-0.3, -0.25) is 9.59 Å². The minimum absolute atomic E-state index is 0.0413. The van der Waals surface area contributed by atoms with E-state index in [-0.39, 0.29) is 12.5 Å². The van der Waals surface area contributed by atoms with Gasteiger partial charge >= 0.3 is 0 Å². The lowest BCUT2D eigenvalue weighted by Gasteiger charge is -2.26. The number of hydrogen-bond acceptors (Lipinski definition) is 4. The maximum absolute atomic E-state index is 11.6. The minimum atomic E-state index is -1.44. The van der Waals surface area contributed by atoms with Gasteiger partial charge in [0.15, 0.2) is 6.10 Å². The number of carbonyl (C=O) groups is 2. The molecule has 0 aromatic rings. The predicted octanol–water partition coefficient (Wildman–Crippen LogP) is -1.55. The molecule has 1 saturated heterocycles. The van der Waals surface area contributed by atoms with Crippen LogP contribution in [0, 0.1) is 5.92 Å². The summed E-state index contributed by atoms with van der Waals surface area (Å²) in [6.45, 7) is 3.77. The molecular formula is C10H18N2O4. The number of hydrogen-bond donors (Lipinski definition) is 3. The first-order valence-electron chi connectivity index (χ1n) is 5.30. The lowest BCUT2D eigenvalue weighted by atomic mass is 10.0. The zero-order valence-corrected chi connectivity index (χ0v) is 9.46. The standard InChI is InChI=1S/C10H18N2O4/c1-5(2)3-6(9(11)15)12-4-7(13)8(14)10(12)16/h5-8,13-14H,3-4H2,1-2H3,(H2,11,15)/t6-,7+,8+/m0/s1. The van der Waals surface area contributed by atoms with Crippen molar-refractivity contribution in [2.24, 2.45) is 11.7 Å². The van der Waals surface area contributed by atoms with E-state index in [1.54, 1.807) is 0 Å². The van der Waals surface area contributed by atoms with Crippen molar-refractivity contribution in [1.29, 1.82) is 0 Å². The molecule has 0 bridgehead atoms. The Morgan fingerprint density at radius 2 is 2.12 bits per heavy atom. The van der Waals surface area contributed by atoms with Crippen molar-refractivity contribution in [2.45, 2.75) is 38.5 Å². The molecule has 1 rings (SSSR count). The van der Waals surface area contributed by atoms with Crippen LogP contribution in [0.15, 0.2) is 0 Å². The maximum Gasteiger partial charge on any atom is 0.254 e. The summed E-state index contributed by atoms with van der Waals surface area (Å²) in [6, 6.07) is -0.751. The second kappa shape index (κ2) is 4.80. The summed E-state index contributed by atoms with van der Waals surface area (Å²) in [5.74, 6) is -1.04. The fourth-order valence-corrected chi connectivity index (χ4v) is 1.85. The lowest BCUT2D eigenvalue weighted by Crippen LogP contribution is -2.47. The number of aliphatic hydroxyl groups excluding tert-OH is 2. The van der Waals surface area contributed by atoms with Gasteiger partial charge in [0.2, 0.25) is 5.91 Å². The van der Waals surface area contributed by atoms with Crippen molar-refractivity contribution in [3.63, 3.8) is 0 Å². The molecule has 6 nitrogen and oxygen atoms in total. The van der Waals surface area contributed by atoms with Crippen LogP contribution >= 0.6 is 0 Å². The van der Waals surface area contributed by atoms with Crippen LogP contribution in [0.3, 0.4) is 0 Å². The normalized spacial score (nSPS) is 27.6. The van der Waals surface area contributed by atoms with E-state index < -0.39 is 30.1 Å². The monoisotopic (exact) mass is 230 g/mol. The Hall–Kier alpha value is -1.14. The number of nitrogens with zero attached hydrogens (tertiary/aromatic N) is 1. The third-order valence-corrected chi connectivity index (χ3v) is 2.68. The lowest BCUT2D eigenvalue weighted by molar-refractivity contribution is -0.141. The molecule has 3 atom stereocenters. The molecule has 0 aromatic carbocycles. The molecule has 0 aromatic heterocycles. The van der Waals surface area contributed by atoms with Gasteiger partial charge in [-0.2, -0.15) is 0 Å². The summed E-state index contributed by atoms with van der Waals surface area (Å²) < 4.78 is 0. The topological polar surface area (TPSA) is 104 Å². The van der Waals surface area contributed by atoms with Crippen LogP contribution in [0.4, 0.5) is 0 Å². The fraction of sp³-hybridized carbons (Fsp3) is 0.800. The largest absolute Gasteiger partial charge is 0.388 e. The smallest absolute Gasteiger partial charge is 0.254 e. The van der Waals surface area contributed by atoms with Gasteiger partial charge in [-0.15, -0.1) is 0 Å². The predicted molar refractivity (Wildman–Crippen MR) is 56.2 cm³/mol. The van der Waals surface area contributed by atoms with Crippen LogP contribution in [-0.2, 0) is 9.59 Å². The molecule has 0 radical (unpaired) electrons. The Morgan fingerprint density at radius 3 is 2.44 bits per heavy atom. The average molecular weight is 230 g/mol. The molecule has 0 unspecified atom stereocenters. The Labute approximate surface area is 94.0 Å². The van der Waals surface area contributed by atoms with Crippen molar-refractivity contribution in [3.05, 3.63) is 0 Å². The summed E-state index contributed by atoms with van der Waals surface area (Å²) >= 11 is 0. The van der Waals surface area contributed by atoms with E-state index in [9.17, 15) is 19.8 Å². The summed E-state index contributed by atoms with van der Waals surface area (Å²) in [4.78, 5) is 24.0. The molecule has 6 heteroatoms. The summed E-state index contributed by atoms with van der Waals surface area (Å²) in [7, 11) is 0. The number of aliphatic hydroxyl groups is 2. The van der Waals surface area contributed by atoms with E-state index in [4.69, 9.17) is 5.73 Å². The van der Waals surface area contributed by atoms with Gasteiger partial charge in [0.1, 0.15) is 12.1 Å². The molecule has 1 fully saturated rings. The van der Waals surface area contributed by atoms with E-state index >= 15 is 0 Å². The van der Waals surface area contributed by atoms with E-state index in [0.717, 1.165) is 4.90 Å². The van der Waals surface area contributed by atoms with Crippen molar-refractivity contribution < 1.29 is 19.8 Å². The highest BCUT2D eigenvalue weighted by Gasteiger charge is 2.42. The molecule has 0 spiro atoms. The number of β-amino-alcohol motifs (C(OH)–C–C–N with tert-alkyl or cyclic N) is 1. The molecule has 1 heterocycles. The summed E-state index contributed by atoms with van der Waals surface area (Å²) in [6.07, 6.45) is -2.14. The third-order valence-electron chi connectivity index (χ3n) is 2.68. The van der Waals surface area contributed by atoms with Gasteiger partial charge in [-0.05, 0) is 12.3 Å². The second-order valence-electron chi connectivity index (χ2n) is 4.55. The Morgan fingerprint density at radius 1 is 1.56 bits per heavy atom. The van der Waals surface area contributed by atoms with E-state index in [0.29, 0.717) is 6.42 Å². The molecule has 0 saturated carbocycles. The summed E-state index contributed by atoms with van der Waals surface area (Å²) in [5.41, 5.74) is 5.22.